The number of benzene rings is 1. The van der Waals surface area contributed by atoms with Crippen molar-refractivity contribution in [3.63, 3.8) is 0 Å². The summed E-state index contributed by atoms with van der Waals surface area (Å²) < 4.78 is 1.05. The van der Waals surface area contributed by atoms with Crippen molar-refractivity contribution < 1.29 is 0 Å². The molecule has 0 saturated heterocycles. The van der Waals surface area contributed by atoms with E-state index in [2.05, 4.69) is 54.3 Å². The zero-order valence-corrected chi connectivity index (χ0v) is 9.21. The Hall–Kier alpha value is -0.570. The summed E-state index contributed by atoms with van der Waals surface area (Å²) in [4.78, 5) is 0. The van der Waals surface area contributed by atoms with E-state index in [1.54, 1.807) is 0 Å². The van der Waals surface area contributed by atoms with Crippen molar-refractivity contribution in [2.75, 3.05) is 0 Å². The molecule has 0 bridgehead atoms. The second-order valence-corrected chi connectivity index (χ2v) is 4.02. The normalized spacial score (nSPS) is 10.5. The maximum Gasteiger partial charge on any atom is 0.00581 e. The molecule has 0 N–H and O–H groups in total. The van der Waals surface area contributed by atoms with Crippen molar-refractivity contribution in [1.82, 2.24) is 0 Å². The van der Waals surface area contributed by atoms with Crippen molar-refractivity contribution in [2.45, 2.75) is 6.92 Å². The van der Waals surface area contributed by atoms with E-state index < -0.39 is 0 Å². The van der Waals surface area contributed by atoms with Crippen LogP contribution in [0.1, 0.15) is 11.1 Å². The van der Waals surface area contributed by atoms with Crippen molar-refractivity contribution >= 4 is 28.7 Å². The van der Waals surface area contributed by atoms with Gasteiger partial charge in [-0.25, -0.2) is 0 Å². The topological polar surface area (TPSA) is 0 Å². The highest BCUT2D eigenvalue weighted by Gasteiger charge is 1.89. The molecule has 1 heteroatoms. The van der Waals surface area contributed by atoms with Crippen molar-refractivity contribution in [3.8, 4) is 0 Å². The lowest BCUT2D eigenvalue weighted by Gasteiger charge is -1.97. The molecule has 1 rings (SSSR count). The first-order chi connectivity index (χ1) is 5.70. The minimum Gasteiger partial charge on any atom is -0.0856 e. The summed E-state index contributed by atoms with van der Waals surface area (Å²) in [6.07, 6.45) is 4.10. The third-order valence-corrected chi connectivity index (χ3v) is 1.99. The van der Waals surface area contributed by atoms with Gasteiger partial charge in [-0.2, -0.15) is 0 Å². The molecule has 0 nitrogen and oxygen atoms in total. The number of hydrogen-bond acceptors (Lipinski definition) is 0. The standard InChI is InChI=1S/C11H11I/c1-9-5-3-4-6-11(9)8-7-10(2)12/h3-8H,2H2,1H3/b8-7-. The highest BCUT2D eigenvalue weighted by Crippen LogP contribution is 2.12. The van der Waals surface area contributed by atoms with E-state index in [9.17, 15) is 0 Å². The lowest BCUT2D eigenvalue weighted by atomic mass is 10.1. The monoisotopic (exact) mass is 270 g/mol. The van der Waals surface area contributed by atoms with Crippen molar-refractivity contribution in [1.29, 1.82) is 0 Å². The maximum atomic E-state index is 3.80. The van der Waals surface area contributed by atoms with Crippen LogP contribution >= 0.6 is 22.6 Å². The van der Waals surface area contributed by atoms with Crippen LogP contribution in [0.15, 0.2) is 40.5 Å². The zero-order valence-electron chi connectivity index (χ0n) is 7.05. The third kappa shape index (κ3) is 2.81. The summed E-state index contributed by atoms with van der Waals surface area (Å²) in [6, 6.07) is 8.30. The van der Waals surface area contributed by atoms with Gasteiger partial charge in [-0.15, -0.1) is 0 Å². The average molecular weight is 270 g/mol. The first kappa shape index (κ1) is 9.52. The van der Waals surface area contributed by atoms with E-state index in [1.165, 1.54) is 11.1 Å². The van der Waals surface area contributed by atoms with Crippen LogP contribution in [-0.2, 0) is 0 Å². The molecule has 0 atom stereocenters. The molecule has 1 aromatic rings. The molecule has 1 aromatic carbocycles. The Balaban J connectivity index is 2.89. The second-order valence-electron chi connectivity index (χ2n) is 2.64. The highest BCUT2D eigenvalue weighted by atomic mass is 127. The quantitative estimate of drug-likeness (QED) is 0.563. The molecule has 0 amide bonds. The molecule has 0 aromatic heterocycles. The minimum atomic E-state index is 1.05. The fraction of sp³-hybridized carbons (Fsp3) is 0.0909. The minimum absolute atomic E-state index is 1.05. The Kier molecular flexibility index (Phi) is 3.53. The summed E-state index contributed by atoms with van der Waals surface area (Å²) in [5, 5.41) is 0. The van der Waals surface area contributed by atoms with Crippen molar-refractivity contribution in [2.24, 2.45) is 0 Å². The molecule has 0 fully saturated rings. The molecule has 0 radical (unpaired) electrons. The first-order valence-electron chi connectivity index (χ1n) is 3.78. The van der Waals surface area contributed by atoms with Gasteiger partial charge in [0.15, 0.2) is 0 Å². The molecule has 0 aliphatic carbocycles. The number of allylic oxidation sites excluding steroid dienone is 2. The van der Waals surface area contributed by atoms with Gasteiger partial charge in [-0.05, 0) is 46.7 Å². The fourth-order valence-electron chi connectivity index (χ4n) is 0.954. The Morgan fingerprint density at radius 2 is 2.08 bits per heavy atom. The summed E-state index contributed by atoms with van der Waals surface area (Å²) in [5.74, 6) is 0. The van der Waals surface area contributed by atoms with Gasteiger partial charge < -0.3 is 0 Å². The van der Waals surface area contributed by atoms with E-state index in [4.69, 9.17) is 0 Å². The fourth-order valence-corrected chi connectivity index (χ4v) is 1.13. The summed E-state index contributed by atoms with van der Waals surface area (Å²) in [6.45, 7) is 5.91. The van der Waals surface area contributed by atoms with Crippen LogP contribution in [-0.4, -0.2) is 0 Å². The van der Waals surface area contributed by atoms with Crippen LogP contribution in [0, 0.1) is 6.92 Å². The first-order valence-corrected chi connectivity index (χ1v) is 4.86. The molecule has 62 valence electrons. The van der Waals surface area contributed by atoms with Gasteiger partial charge >= 0.3 is 0 Å². The number of halogens is 1. The molecule has 0 heterocycles. The predicted molar refractivity (Wildman–Crippen MR) is 63.4 cm³/mol. The molecular formula is C11H11I. The zero-order chi connectivity index (χ0) is 8.97. The van der Waals surface area contributed by atoms with Gasteiger partial charge in [-0.3, -0.25) is 0 Å². The lowest BCUT2D eigenvalue weighted by Crippen LogP contribution is -1.77. The Labute approximate surface area is 87.1 Å². The van der Waals surface area contributed by atoms with Crippen LogP contribution in [0.25, 0.3) is 6.08 Å². The Morgan fingerprint density at radius 1 is 1.42 bits per heavy atom. The summed E-state index contributed by atoms with van der Waals surface area (Å²) in [7, 11) is 0. The molecule has 12 heavy (non-hydrogen) atoms. The average Bonchev–Trinajstić information content (AvgIpc) is 2.03. The maximum absolute atomic E-state index is 3.80. The highest BCUT2D eigenvalue weighted by molar-refractivity contribution is 14.1. The molecule has 0 spiro atoms. The van der Waals surface area contributed by atoms with Gasteiger partial charge in [0.1, 0.15) is 0 Å². The molecule has 0 aliphatic heterocycles. The lowest BCUT2D eigenvalue weighted by molar-refractivity contribution is 1.44. The van der Waals surface area contributed by atoms with E-state index in [0.29, 0.717) is 0 Å². The molecule has 0 aliphatic rings. The number of aryl methyl sites for hydroxylation is 1. The Morgan fingerprint density at radius 3 is 2.67 bits per heavy atom. The molecule has 0 saturated carbocycles. The van der Waals surface area contributed by atoms with Gasteiger partial charge in [0.25, 0.3) is 0 Å². The largest absolute Gasteiger partial charge is 0.0856 e. The van der Waals surface area contributed by atoms with E-state index in [-0.39, 0.29) is 0 Å². The van der Waals surface area contributed by atoms with Gasteiger partial charge in [-0.1, -0.05) is 36.9 Å². The van der Waals surface area contributed by atoms with Crippen LogP contribution in [0.3, 0.4) is 0 Å². The van der Waals surface area contributed by atoms with Crippen LogP contribution in [0.4, 0.5) is 0 Å². The molecular weight excluding hydrogens is 259 g/mol. The smallest absolute Gasteiger partial charge is 0.00581 e. The van der Waals surface area contributed by atoms with Crippen molar-refractivity contribution in [3.05, 3.63) is 51.6 Å². The SMILES string of the molecule is C=C(I)/C=C\c1ccccc1C. The summed E-state index contributed by atoms with van der Waals surface area (Å²) >= 11 is 2.20. The van der Waals surface area contributed by atoms with Gasteiger partial charge in [0, 0.05) is 3.58 Å². The van der Waals surface area contributed by atoms with Crippen LogP contribution in [0.5, 0.6) is 0 Å². The number of hydrogen-bond donors (Lipinski definition) is 0. The van der Waals surface area contributed by atoms with E-state index in [1.807, 2.05) is 18.2 Å². The number of rotatable bonds is 2. The van der Waals surface area contributed by atoms with Crippen LogP contribution < -0.4 is 0 Å². The molecule has 0 unspecified atom stereocenters. The van der Waals surface area contributed by atoms with Crippen LogP contribution in [0.2, 0.25) is 0 Å². The van der Waals surface area contributed by atoms with E-state index >= 15 is 0 Å². The second kappa shape index (κ2) is 4.45. The summed E-state index contributed by atoms with van der Waals surface area (Å²) in [5.41, 5.74) is 2.56. The Bertz CT molecular complexity index is 311. The van der Waals surface area contributed by atoms with Gasteiger partial charge in [0.05, 0.1) is 0 Å². The predicted octanol–water partition coefficient (Wildman–Crippen LogP) is 3.96. The van der Waals surface area contributed by atoms with E-state index in [0.717, 1.165) is 3.58 Å². The van der Waals surface area contributed by atoms with Gasteiger partial charge in [0.2, 0.25) is 0 Å². The third-order valence-electron chi connectivity index (χ3n) is 1.63.